The molecule has 4 aromatic rings. The molecule has 0 spiro atoms. The van der Waals surface area contributed by atoms with E-state index in [1.165, 1.54) is 36.4 Å². The minimum absolute atomic E-state index is 0.0108. The molecule has 9 nitrogen and oxygen atoms in total. The highest BCUT2D eigenvalue weighted by molar-refractivity contribution is 6.02. The highest BCUT2D eigenvalue weighted by atomic mass is 19.1. The number of carbonyl (C=O) groups is 1. The van der Waals surface area contributed by atoms with Gasteiger partial charge in [0.05, 0.1) is 12.3 Å². The lowest BCUT2D eigenvalue weighted by atomic mass is 10.1. The molecule has 2 aromatic carbocycles. The zero-order chi connectivity index (χ0) is 21.4. The predicted molar refractivity (Wildman–Crippen MR) is 106 cm³/mol. The first-order chi connectivity index (χ1) is 14.4. The van der Waals surface area contributed by atoms with Crippen LogP contribution in [0.1, 0.15) is 17.4 Å². The molecule has 0 radical (unpaired) electrons. The maximum Gasteiger partial charge on any atom is 0.332 e. The molecule has 0 atom stereocenters. The number of phenolic OH excluding ortho intramolecular Hbond substituents is 1. The lowest BCUT2D eigenvalue weighted by Crippen LogP contribution is -2.16. The van der Waals surface area contributed by atoms with Crippen LogP contribution in [0.3, 0.4) is 0 Å². The van der Waals surface area contributed by atoms with Gasteiger partial charge >= 0.3 is 5.69 Å². The third-order valence-corrected chi connectivity index (χ3v) is 4.38. The molecule has 0 saturated heterocycles. The smallest absolute Gasteiger partial charge is 0.332 e. The number of nitrogens with two attached hydrogens (primary N) is 1. The molecule has 2 aromatic heterocycles. The maximum absolute atomic E-state index is 14.4. The van der Waals surface area contributed by atoms with E-state index in [1.54, 1.807) is 13.0 Å². The second-order valence-electron chi connectivity index (χ2n) is 6.29. The number of aromatic nitrogens is 4. The van der Waals surface area contributed by atoms with Crippen LogP contribution in [0.2, 0.25) is 0 Å². The van der Waals surface area contributed by atoms with Crippen molar-refractivity contribution >= 4 is 17.1 Å². The molecule has 0 aliphatic rings. The summed E-state index contributed by atoms with van der Waals surface area (Å²) in [7, 11) is 0. The molecule has 0 fully saturated rings. The number of aromatic hydroxyl groups is 1. The molecule has 4 N–H and O–H groups in total. The Bertz CT molecular complexity index is 1350. The molecule has 152 valence electrons. The topological polar surface area (TPSA) is 136 Å². The highest BCUT2D eigenvalue weighted by Crippen LogP contribution is 2.31. The van der Waals surface area contributed by atoms with Crippen LogP contribution in [-0.2, 0) is 0 Å². The third-order valence-electron chi connectivity index (χ3n) is 4.38. The number of para-hydroxylation sites is 1. The lowest BCUT2D eigenvalue weighted by Gasteiger charge is -2.09. The first-order valence-corrected chi connectivity index (χ1v) is 8.94. The molecule has 4 rings (SSSR count). The van der Waals surface area contributed by atoms with Crippen molar-refractivity contribution in [3.8, 4) is 28.6 Å². The largest absolute Gasteiger partial charge is 0.504 e. The van der Waals surface area contributed by atoms with Crippen molar-refractivity contribution in [3.05, 3.63) is 64.5 Å². The zero-order valence-electron chi connectivity index (χ0n) is 15.7. The Balaban J connectivity index is 2.03. The van der Waals surface area contributed by atoms with Crippen LogP contribution in [0.5, 0.6) is 11.5 Å². The summed E-state index contributed by atoms with van der Waals surface area (Å²) in [6.07, 6.45) is 0. The van der Waals surface area contributed by atoms with E-state index >= 15 is 0 Å². The van der Waals surface area contributed by atoms with Crippen molar-refractivity contribution in [2.24, 2.45) is 5.73 Å². The Morgan fingerprint density at radius 2 is 2.03 bits per heavy atom. The summed E-state index contributed by atoms with van der Waals surface area (Å²) in [4.78, 5) is 35.6. The fraction of sp³-hybridized carbons (Fsp3) is 0.100. The number of benzene rings is 2. The van der Waals surface area contributed by atoms with Gasteiger partial charge in [-0.25, -0.2) is 23.7 Å². The van der Waals surface area contributed by atoms with Crippen LogP contribution >= 0.6 is 0 Å². The summed E-state index contributed by atoms with van der Waals surface area (Å²) in [5.74, 6) is -1.39. The van der Waals surface area contributed by atoms with E-state index in [0.29, 0.717) is 12.2 Å². The van der Waals surface area contributed by atoms with Crippen LogP contribution in [0.15, 0.2) is 47.3 Å². The van der Waals surface area contributed by atoms with Gasteiger partial charge in [-0.05, 0) is 37.3 Å². The average molecular weight is 409 g/mol. The van der Waals surface area contributed by atoms with E-state index in [1.807, 2.05) is 0 Å². The number of hydrogen-bond acceptors (Lipinski definition) is 6. The van der Waals surface area contributed by atoms with E-state index in [-0.39, 0.29) is 39.9 Å². The van der Waals surface area contributed by atoms with Crippen LogP contribution < -0.4 is 16.2 Å². The average Bonchev–Trinajstić information content (AvgIpc) is 3.05. The molecule has 30 heavy (non-hydrogen) atoms. The number of amides is 1. The molecule has 0 bridgehead atoms. The van der Waals surface area contributed by atoms with Gasteiger partial charge in [0.15, 0.2) is 28.7 Å². The second-order valence-corrected chi connectivity index (χ2v) is 6.29. The minimum atomic E-state index is -0.894. The number of nitrogens with one attached hydrogen (secondary N) is 1. The van der Waals surface area contributed by atoms with Crippen molar-refractivity contribution in [1.29, 1.82) is 0 Å². The number of hydrogen-bond donors (Lipinski definition) is 3. The number of carbonyl (C=O) groups excluding carboxylic acids is 1. The number of H-pyrrole nitrogens is 1. The van der Waals surface area contributed by atoms with Crippen LogP contribution in [-0.4, -0.2) is 37.1 Å². The SMILES string of the molecule is CCOc1cc(-c2nc(C(N)=O)c3[nH]c(=O)n(-c4ccccc4F)c3n2)ccc1O. The molecule has 0 saturated carbocycles. The quantitative estimate of drug-likeness (QED) is 0.462. The summed E-state index contributed by atoms with van der Waals surface area (Å²) < 4.78 is 20.7. The lowest BCUT2D eigenvalue weighted by molar-refractivity contribution is 0.0997. The van der Waals surface area contributed by atoms with Crippen molar-refractivity contribution in [2.75, 3.05) is 6.61 Å². The molecule has 0 aliphatic heterocycles. The Labute approximate surface area is 168 Å². The predicted octanol–water partition coefficient (Wildman–Crippen LogP) is 2.12. The van der Waals surface area contributed by atoms with Crippen molar-refractivity contribution in [1.82, 2.24) is 19.5 Å². The van der Waals surface area contributed by atoms with E-state index in [4.69, 9.17) is 10.5 Å². The number of imidazole rings is 1. The monoisotopic (exact) mass is 409 g/mol. The van der Waals surface area contributed by atoms with E-state index in [2.05, 4.69) is 15.0 Å². The van der Waals surface area contributed by atoms with Gasteiger partial charge in [0.2, 0.25) is 0 Å². The van der Waals surface area contributed by atoms with E-state index in [9.17, 15) is 19.1 Å². The summed E-state index contributed by atoms with van der Waals surface area (Å²) >= 11 is 0. The molecule has 2 heterocycles. The van der Waals surface area contributed by atoms with Gasteiger partial charge in [-0.15, -0.1) is 0 Å². The molecular formula is C20H16FN5O4. The minimum Gasteiger partial charge on any atom is -0.504 e. The van der Waals surface area contributed by atoms with Gasteiger partial charge in [-0.1, -0.05) is 12.1 Å². The standard InChI is InChI=1S/C20H16FN5O4/c1-2-30-14-9-10(7-8-13(14)27)18-23-15(17(22)28)16-19(25-18)26(20(29)24-16)12-6-4-3-5-11(12)21/h3-9,27H,2H2,1H3,(H2,22,28)(H,24,29). The second kappa shape index (κ2) is 7.32. The number of primary amides is 1. The highest BCUT2D eigenvalue weighted by Gasteiger charge is 2.21. The number of halogens is 1. The van der Waals surface area contributed by atoms with Gasteiger partial charge in [-0.2, -0.15) is 0 Å². The normalized spacial score (nSPS) is 11.0. The summed E-state index contributed by atoms with van der Waals surface area (Å²) in [5, 5.41) is 9.92. The number of ether oxygens (including phenoxy) is 1. The molecule has 0 aliphatic carbocycles. The summed E-state index contributed by atoms with van der Waals surface area (Å²) in [6, 6.07) is 10.0. The first kappa shape index (κ1) is 19.1. The van der Waals surface area contributed by atoms with Gasteiger partial charge in [-0.3, -0.25) is 4.79 Å². The zero-order valence-corrected chi connectivity index (χ0v) is 15.7. The van der Waals surface area contributed by atoms with Crippen LogP contribution in [0, 0.1) is 5.82 Å². The maximum atomic E-state index is 14.4. The summed E-state index contributed by atoms with van der Waals surface area (Å²) in [5.41, 5.74) is 4.85. The molecule has 0 unspecified atom stereocenters. The van der Waals surface area contributed by atoms with Gasteiger partial charge in [0.25, 0.3) is 5.91 Å². The first-order valence-electron chi connectivity index (χ1n) is 8.94. The molecule has 10 heteroatoms. The van der Waals surface area contributed by atoms with Gasteiger partial charge in [0, 0.05) is 5.56 Å². The van der Waals surface area contributed by atoms with Crippen LogP contribution in [0.25, 0.3) is 28.2 Å². The Morgan fingerprint density at radius 3 is 2.73 bits per heavy atom. The van der Waals surface area contributed by atoms with Crippen molar-refractivity contribution < 1.29 is 19.0 Å². The Hall–Kier alpha value is -4.21. The van der Waals surface area contributed by atoms with Crippen molar-refractivity contribution in [2.45, 2.75) is 6.92 Å². The Kier molecular flexibility index (Phi) is 4.66. The summed E-state index contributed by atoms with van der Waals surface area (Å²) in [6.45, 7) is 2.07. The number of aromatic amines is 1. The van der Waals surface area contributed by atoms with Gasteiger partial charge in [0.1, 0.15) is 11.3 Å². The Morgan fingerprint density at radius 1 is 1.27 bits per heavy atom. The van der Waals surface area contributed by atoms with Gasteiger partial charge < -0.3 is 20.6 Å². The fourth-order valence-electron chi connectivity index (χ4n) is 3.07. The van der Waals surface area contributed by atoms with Crippen molar-refractivity contribution in [3.63, 3.8) is 0 Å². The number of fused-ring (bicyclic) bond motifs is 1. The fourth-order valence-corrected chi connectivity index (χ4v) is 3.07. The molecule has 1 amide bonds. The van der Waals surface area contributed by atoms with E-state index < -0.39 is 17.4 Å². The van der Waals surface area contributed by atoms with E-state index in [0.717, 1.165) is 4.57 Å². The molecular weight excluding hydrogens is 393 g/mol. The number of phenols is 1. The van der Waals surface area contributed by atoms with Crippen LogP contribution in [0.4, 0.5) is 4.39 Å². The number of nitrogens with zero attached hydrogens (tertiary/aromatic N) is 3. The third kappa shape index (κ3) is 3.13. The number of rotatable bonds is 5.